The number of hydrogen-bond acceptors (Lipinski definition) is 5. The van der Waals surface area contributed by atoms with Crippen LogP contribution >= 0.6 is 34.4 Å². The smallest absolute Gasteiger partial charge is 0.237 e. The maximum absolute atomic E-state index is 12.2. The molecule has 0 saturated heterocycles. The molecule has 2 aromatic heterocycles. The molecule has 1 N–H and O–H groups in total. The minimum Gasteiger partial charge on any atom is -0.325 e. The van der Waals surface area contributed by atoms with E-state index < -0.39 is 0 Å². The highest BCUT2D eigenvalue weighted by molar-refractivity contribution is 7.99. The second-order valence-corrected chi connectivity index (χ2v) is 7.93. The van der Waals surface area contributed by atoms with Crippen molar-refractivity contribution in [2.24, 2.45) is 0 Å². The first-order chi connectivity index (χ1) is 11.2. The number of thiazole rings is 1. The molecule has 0 aliphatic heterocycles. The van der Waals surface area contributed by atoms with E-state index in [9.17, 15) is 4.79 Å². The van der Waals surface area contributed by atoms with E-state index in [-0.39, 0.29) is 11.2 Å². The van der Waals surface area contributed by atoms with E-state index in [0.29, 0.717) is 0 Å². The van der Waals surface area contributed by atoms with Crippen LogP contribution in [0.15, 0.2) is 52.5 Å². The normalized spacial score (nSPS) is 12.0. The van der Waals surface area contributed by atoms with E-state index in [4.69, 9.17) is 0 Å². The molecule has 0 aliphatic carbocycles. The molecular weight excluding hydrogens is 344 g/mol. The van der Waals surface area contributed by atoms with Crippen molar-refractivity contribution in [1.82, 2.24) is 4.98 Å². The molecule has 3 rings (SSSR count). The number of hydrogen-bond donors (Lipinski definition) is 1. The number of rotatable bonds is 6. The lowest BCUT2D eigenvalue weighted by Crippen LogP contribution is -2.22. The zero-order valence-electron chi connectivity index (χ0n) is 12.6. The van der Waals surface area contributed by atoms with E-state index in [1.165, 1.54) is 5.56 Å². The molecule has 3 nitrogen and oxygen atoms in total. The fourth-order valence-electron chi connectivity index (χ4n) is 1.94. The Hall–Kier alpha value is -1.63. The summed E-state index contributed by atoms with van der Waals surface area (Å²) < 4.78 is 0. The Morgan fingerprint density at radius 2 is 2.09 bits per heavy atom. The van der Waals surface area contributed by atoms with Crippen molar-refractivity contribution < 1.29 is 4.79 Å². The molecule has 118 valence electrons. The standard InChI is InChI=1S/C17H16N2OS3/c1-12(16(20)18-14-5-3-2-4-6-14)22-10-15-11-23-17(19-15)13-7-8-21-9-13/h2-9,11-12H,10H2,1H3,(H,18,20). The molecular formula is C17H16N2OS3. The number of amides is 1. The molecule has 1 atom stereocenters. The number of carbonyl (C=O) groups excluding carboxylic acids is 1. The lowest BCUT2D eigenvalue weighted by Gasteiger charge is -2.11. The number of thiophene rings is 1. The third-order valence-electron chi connectivity index (χ3n) is 3.21. The van der Waals surface area contributed by atoms with Crippen molar-refractivity contribution >= 4 is 46.0 Å². The van der Waals surface area contributed by atoms with Crippen LogP contribution in [0.1, 0.15) is 12.6 Å². The molecule has 3 aromatic rings. The molecule has 1 amide bonds. The Kier molecular flexibility index (Phi) is 5.48. The van der Waals surface area contributed by atoms with Crippen LogP contribution in [-0.2, 0) is 10.5 Å². The third kappa shape index (κ3) is 4.43. The second kappa shape index (κ2) is 7.77. The van der Waals surface area contributed by atoms with Crippen molar-refractivity contribution in [2.45, 2.75) is 17.9 Å². The average molecular weight is 361 g/mol. The molecule has 0 bridgehead atoms. The molecule has 1 unspecified atom stereocenters. The summed E-state index contributed by atoms with van der Waals surface area (Å²) in [6, 6.07) is 11.6. The van der Waals surface area contributed by atoms with Crippen LogP contribution in [0.25, 0.3) is 10.6 Å². The Labute approximate surface area is 147 Å². The van der Waals surface area contributed by atoms with Gasteiger partial charge in [0.2, 0.25) is 5.91 Å². The predicted molar refractivity (Wildman–Crippen MR) is 101 cm³/mol. The molecule has 0 aliphatic rings. The van der Waals surface area contributed by atoms with E-state index in [1.807, 2.05) is 37.3 Å². The summed E-state index contributed by atoms with van der Waals surface area (Å²) in [6.07, 6.45) is 0. The van der Waals surface area contributed by atoms with Gasteiger partial charge >= 0.3 is 0 Å². The van der Waals surface area contributed by atoms with Crippen LogP contribution in [0, 0.1) is 0 Å². The number of thioether (sulfide) groups is 1. The van der Waals surface area contributed by atoms with Gasteiger partial charge in [0, 0.05) is 27.8 Å². The maximum atomic E-state index is 12.2. The van der Waals surface area contributed by atoms with Crippen LogP contribution in [0.4, 0.5) is 5.69 Å². The maximum Gasteiger partial charge on any atom is 0.237 e. The summed E-state index contributed by atoms with van der Waals surface area (Å²) in [5, 5.41) is 10.1. The van der Waals surface area contributed by atoms with Gasteiger partial charge in [-0.1, -0.05) is 18.2 Å². The monoisotopic (exact) mass is 360 g/mol. The Morgan fingerprint density at radius 3 is 2.83 bits per heavy atom. The number of carbonyl (C=O) groups is 1. The minimum atomic E-state index is -0.124. The molecule has 6 heteroatoms. The molecule has 2 heterocycles. The van der Waals surface area contributed by atoms with Crippen LogP contribution < -0.4 is 5.32 Å². The van der Waals surface area contributed by atoms with Crippen molar-refractivity contribution in [3.05, 3.63) is 58.2 Å². The Morgan fingerprint density at radius 1 is 1.26 bits per heavy atom. The SMILES string of the molecule is CC(SCc1csc(-c2ccsc2)n1)C(=O)Nc1ccccc1. The zero-order valence-corrected chi connectivity index (χ0v) is 15.0. The lowest BCUT2D eigenvalue weighted by molar-refractivity contribution is -0.115. The van der Waals surface area contributed by atoms with E-state index in [0.717, 1.165) is 22.1 Å². The Bertz CT molecular complexity index is 753. The fraction of sp³-hybridized carbons (Fsp3) is 0.176. The summed E-state index contributed by atoms with van der Waals surface area (Å²) in [4.78, 5) is 16.8. The average Bonchev–Trinajstić information content (AvgIpc) is 3.24. The quantitative estimate of drug-likeness (QED) is 0.662. The fourth-order valence-corrected chi connectivity index (χ4v) is 4.36. The van der Waals surface area contributed by atoms with Gasteiger partial charge in [0.25, 0.3) is 0 Å². The highest BCUT2D eigenvalue weighted by atomic mass is 32.2. The van der Waals surface area contributed by atoms with Gasteiger partial charge in [-0.25, -0.2) is 4.98 Å². The first-order valence-corrected chi connectivity index (χ1v) is 10.0. The molecule has 0 spiro atoms. The molecule has 23 heavy (non-hydrogen) atoms. The predicted octanol–water partition coefficient (Wildman–Crippen LogP) is 5.13. The summed E-state index contributed by atoms with van der Waals surface area (Å²) in [6.45, 7) is 1.93. The summed E-state index contributed by atoms with van der Waals surface area (Å²) in [5.41, 5.74) is 3.03. The van der Waals surface area contributed by atoms with Gasteiger partial charge in [-0.3, -0.25) is 4.79 Å². The number of nitrogens with zero attached hydrogens (tertiary/aromatic N) is 1. The van der Waals surface area contributed by atoms with E-state index in [1.54, 1.807) is 34.4 Å². The number of nitrogens with one attached hydrogen (secondary N) is 1. The number of benzene rings is 1. The summed E-state index contributed by atoms with van der Waals surface area (Å²) in [5.74, 6) is 0.763. The van der Waals surface area contributed by atoms with Crippen LogP contribution in [0.5, 0.6) is 0 Å². The highest BCUT2D eigenvalue weighted by Crippen LogP contribution is 2.28. The van der Waals surface area contributed by atoms with Crippen molar-refractivity contribution in [3.63, 3.8) is 0 Å². The van der Waals surface area contributed by atoms with Gasteiger partial charge < -0.3 is 5.32 Å². The van der Waals surface area contributed by atoms with Gasteiger partial charge in [0.05, 0.1) is 10.9 Å². The summed E-state index contributed by atoms with van der Waals surface area (Å²) >= 11 is 4.93. The summed E-state index contributed by atoms with van der Waals surface area (Å²) in [7, 11) is 0. The topological polar surface area (TPSA) is 42.0 Å². The molecule has 0 radical (unpaired) electrons. The zero-order chi connectivity index (χ0) is 16.1. The number of anilines is 1. The lowest BCUT2D eigenvalue weighted by atomic mass is 10.3. The minimum absolute atomic E-state index is 0.0227. The van der Waals surface area contributed by atoms with Crippen LogP contribution in [0.3, 0.4) is 0 Å². The second-order valence-electron chi connectivity index (χ2n) is 4.96. The number of para-hydroxylation sites is 1. The van der Waals surface area contributed by atoms with Gasteiger partial charge in [-0.15, -0.1) is 23.1 Å². The van der Waals surface area contributed by atoms with Crippen LogP contribution in [-0.4, -0.2) is 16.1 Å². The molecule has 1 aromatic carbocycles. The van der Waals surface area contributed by atoms with Gasteiger partial charge in [0.15, 0.2) is 0 Å². The van der Waals surface area contributed by atoms with Crippen molar-refractivity contribution in [2.75, 3.05) is 5.32 Å². The molecule has 0 saturated carbocycles. The van der Waals surface area contributed by atoms with E-state index in [2.05, 4.69) is 32.5 Å². The first-order valence-electron chi connectivity index (χ1n) is 7.17. The number of aromatic nitrogens is 1. The first kappa shape index (κ1) is 16.2. The molecule has 0 fully saturated rings. The third-order valence-corrected chi connectivity index (χ3v) is 6.01. The van der Waals surface area contributed by atoms with Crippen LogP contribution in [0.2, 0.25) is 0 Å². The van der Waals surface area contributed by atoms with Gasteiger partial charge in [0.1, 0.15) is 5.01 Å². The van der Waals surface area contributed by atoms with Gasteiger partial charge in [-0.2, -0.15) is 11.3 Å². The largest absolute Gasteiger partial charge is 0.325 e. The van der Waals surface area contributed by atoms with Gasteiger partial charge in [-0.05, 0) is 30.5 Å². The highest BCUT2D eigenvalue weighted by Gasteiger charge is 2.14. The Balaban J connectivity index is 1.52. The van der Waals surface area contributed by atoms with Crippen molar-refractivity contribution in [1.29, 1.82) is 0 Å². The van der Waals surface area contributed by atoms with E-state index >= 15 is 0 Å². The van der Waals surface area contributed by atoms with Crippen molar-refractivity contribution in [3.8, 4) is 10.6 Å².